The molecule has 1 aliphatic carbocycles. The van der Waals surface area contributed by atoms with E-state index in [1.54, 1.807) is 0 Å². The molecule has 0 amide bonds. The highest BCUT2D eigenvalue weighted by Gasteiger charge is 2.35. The number of hydrogen-bond acceptors (Lipinski definition) is 1. The van der Waals surface area contributed by atoms with E-state index in [4.69, 9.17) is 0 Å². The molecule has 8 aromatic rings. The van der Waals surface area contributed by atoms with Gasteiger partial charge in [0.25, 0.3) is 0 Å². The first-order chi connectivity index (χ1) is 26.4. The van der Waals surface area contributed by atoms with Crippen molar-refractivity contribution in [2.75, 3.05) is 4.90 Å². The first-order valence-corrected chi connectivity index (χ1v) is 18.7. The van der Waals surface area contributed by atoms with Crippen molar-refractivity contribution >= 4 is 34.0 Å². The Bertz CT molecular complexity index is 2680. The molecule has 1 aromatic heterocycles. The summed E-state index contributed by atoms with van der Waals surface area (Å²) in [6, 6.07) is 61.9. The summed E-state index contributed by atoms with van der Waals surface area (Å²) in [6.45, 7) is 10.8. The van der Waals surface area contributed by atoms with Crippen LogP contribution in [0.15, 0.2) is 189 Å². The average molecular weight is 695 g/mol. The molecule has 0 saturated heterocycles. The summed E-state index contributed by atoms with van der Waals surface area (Å²) in [5.41, 5.74) is 18.2. The molecule has 260 valence electrons. The summed E-state index contributed by atoms with van der Waals surface area (Å²) in [4.78, 5) is 2.39. The standard InChI is InChI=1S/C52H42N2/c1-5-6-21-50-36(2)47-34-40(26-33-51(47)54(50)41-17-11-8-12-18-41)39-24-29-43(30-25-39)53(42-27-22-38(23-28-42)37-15-9-7-10-16-37)44-31-32-46-45-19-13-14-20-48(45)52(3,4)49(46)35-44/h5-35H,1H2,2-4H3/b21-6-. The van der Waals surface area contributed by atoms with Gasteiger partial charge in [-0.25, -0.2) is 0 Å². The summed E-state index contributed by atoms with van der Waals surface area (Å²) in [5, 5.41) is 1.24. The van der Waals surface area contributed by atoms with Gasteiger partial charge in [-0.2, -0.15) is 0 Å². The van der Waals surface area contributed by atoms with E-state index in [9.17, 15) is 0 Å². The van der Waals surface area contributed by atoms with Crippen LogP contribution in [0.1, 0.15) is 36.2 Å². The van der Waals surface area contributed by atoms with Crippen molar-refractivity contribution in [3.05, 3.63) is 211 Å². The largest absolute Gasteiger partial charge is 0.310 e. The van der Waals surface area contributed by atoms with Gasteiger partial charge in [-0.05, 0) is 124 Å². The number of benzene rings is 7. The number of aromatic nitrogens is 1. The third-order valence-electron chi connectivity index (χ3n) is 11.2. The highest BCUT2D eigenvalue weighted by Crippen LogP contribution is 2.50. The number of anilines is 3. The van der Waals surface area contributed by atoms with E-state index in [1.165, 1.54) is 61.0 Å². The van der Waals surface area contributed by atoms with Crippen LogP contribution >= 0.6 is 0 Å². The van der Waals surface area contributed by atoms with Gasteiger partial charge in [0.1, 0.15) is 0 Å². The van der Waals surface area contributed by atoms with Crippen molar-refractivity contribution in [3.63, 3.8) is 0 Å². The second-order valence-electron chi connectivity index (χ2n) is 14.7. The molecule has 2 nitrogen and oxygen atoms in total. The van der Waals surface area contributed by atoms with E-state index >= 15 is 0 Å². The first-order valence-electron chi connectivity index (χ1n) is 18.7. The Kier molecular flexibility index (Phi) is 8.24. The maximum absolute atomic E-state index is 3.92. The van der Waals surface area contributed by atoms with Gasteiger partial charge in [-0.1, -0.05) is 142 Å². The summed E-state index contributed by atoms with van der Waals surface area (Å²) >= 11 is 0. The van der Waals surface area contributed by atoms with Gasteiger partial charge >= 0.3 is 0 Å². The molecule has 1 aliphatic rings. The highest BCUT2D eigenvalue weighted by molar-refractivity contribution is 5.94. The van der Waals surface area contributed by atoms with E-state index < -0.39 is 0 Å². The van der Waals surface area contributed by atoms with E-state index in [0.717, 1.165) is 28.4 Å². The fourth-order valence-electron chi connectivity index (χ4n) is 8.38. The van der Waals surface area contributed by atoms with Crippen LogP contribution in [0.2, 0.25) is 0 Å². The lowest BCUT2D eigenvalue weighted by Crippen LogP contribution is -2.16. The van der Waals surface area contributed by atoms with Crippen molar-refractivity contribution in [1.29, 1.82) is 0 Å². The maximum Gasteiger partial charge on any atom is 0.0537 e. The second kappa shape index (κ2) is 13.4. The van der Waals surface area contributed by atoms with Crippen LogP contribution in [0.25, 0.3) is 56.0 Å². The van der Waals surface area contributed by atoms with Crippen molar-refractivity contribution in [3.8, 4) is 39.1 Å². The van der Waals surface area contributed by atoms with Gasteiger partial charge in [-0.3, -0.25) is 0 Å². The molecule has 0 N–H and O–H groups in total. The predicted molar refractivity (Wildman–Crippen MR) is 230 cm³/mol. The molecule has 7 aromatic carbocycles. The number of nitrogens with zero attached hydrogens (tertiary/aromatic N) is 2. The zero-order valence-electron chi connectivity index (χ0n) is 31.0. The fraction of sp³-hybridized carbons (Fsp3) is 0.0769. The van der Waals surface area contributed by atoms with Crippen LogP contribution in [-0.2, 0) is 5.41 Å². The van der Waals surface area contributed by atoms with E-state index in [2.05, 4.69) is 213 Å². The van der Waals surface area contributed by atoms with E-state index in [-0.39, 0.29) is 5.41 Å². The van der Waals surface area contributed by atoms with Crippen LogP contribution in [0.5, 0.6) is 0 Å². The summed E-state index contributed by atoms with van der Waals surface area (Å²) < 4.78 is 2.34. The number of allylic oxidation sites excluding steroid dienone is 2. The summed E-state index contributed by atoms with van der Waals surface area (Å²) in [7, 11) is 0. The number of aryl methyl sites for hydroxylation is 1. The Morgan fingerprint density at radius 2 is 1.09 bits per heavy atom. The highest BCUT2D eigenvalue weighted by atomic mass is 15.1. The third kappa shape index (κ3) is 5.59. The van der Waals surface area contributed by atoms with Crippen molar-refractivity contribution in [2.24, 2.45) is 0 Å². The predicted octanol–water partition coefficient (Wildman–Crippen LogP) is 14.2. The van der Waals surface area contributed by atoms with E-state index in [0.29, 0.717) is 0 Å². The monoisotopic (exact) mass is 694 g/mol. The molecule has 1 heterocycles. The molecule has 0 atom stereocenters. The van der Waals surface area contributed by atoms with Crippen LogP contribution in [-0.4, -0.2) is 4.57 Å². The lowest BCUT2D eigenvalue weighted by Gasteiger charge is -2.28. The Morgan fingerprint density at radius 3 is 1.78 bits per heavy atom. The maximum atomic E-state index is 3.92. The van der Waals surface area contributed by atoms with Gasteiger partial charge in [0, 0.05) is 39.2 Å². The van der Waals surface area contributed by atoms with Crippen molar-refractivity contribution in [1.82, 2.24) is 4.57 Å². The summed E-state index contributed by atoms with van der Waals surface area (Å²) in [6.07, 6.45) is 6.01. The molecule has 9 rings (SSSR count). The smallest absolute Gasteiger partial charge is 0.0537 e. The van der Waals surface area contributed by atoms with Crippen LogP contribution in [0, 0.1) is 6.92 Å². The molecule has 0 radical (unpaired) electrons. The SMILES string of the molecule is C=C/C=C\c1c(C)c2cc(-c3ccc(N(c4ccc(-c5ccccc5)cc4)c4ccc5c(c4)C(C)(C)c4ccccc4-5)cc3)ccc2n1-c1ccccc1. The molecule has 0 bridgehead atoms. The molecule has 0 spiro atoms. The topological polar surface area (TPSA) is 8.17 Å². The zero-order chi connectivity index (χ0) is 36.8. The first kappa shape index (κ1) is 33.2. The lowest BCUT2D eigenvalue weighted by atomic mass is 9.82. The molecule has 54 heavy (non-hydrogen) atoms. The van der Waals surface area contributed by atoms with Gasteiger partial charge in [-0.15, -0.1) is 0 Å². The zero-order valence-corrected chi connectivity index (χ0v) is 31.0. The van der Waals surface area contributed by atoms with Gasteiger partial charge in [0.15, 0.2) is 0 Å². The summed E-state index contributed by atoms with van der Waals surface area (Å²) in [5.74, 6) is 0. The minimum absolute atomic E-state index is 0.0911. The Labute approximate surface area is 318 Å². The minimum Gasteiger partial charge on any atom is -0.310 e. The number of hydrogen-bond donors (Lipinski definition) is 0. The molecular weight excluding hydrogens is 653 g/mol. The molecule has 0 saturated carbocycles. The van der Waals surface area contributed by atoms with Crippen molar-refractivity contribution < 1.29 is 0 Å². The Balaban J connectivity index is 1.13. The van der Waals surface area contributed by atoms with Crippen molar-refractivity contribution in [2.45, 2.75) is 26.2 Å². The Hall–Kier alpha value is -6.64. The minimum atomic E-state index is -0.0911. The normalized spacial score (nSPS) is 12.9. The van der Waals surface area contributed by atoms with Crippen LogP contribution < -0.4 is 4.90 Å². The van der Waals surface area contributed by atoms with Crippen LogP contribution in [0.3, 0.4) is 0 Å². The second-order valence-corrected chi connectivity index (χ2v) is 14.7. The lowest BCUT2D eigenvalue weighted by molar-refractivity contribution is 0.660. The Morgan fingerprint density at radius 1 is 0.537 bits per heavy atom. The van der Waals surface area contributed by atoms with Gasteiger partial charge in [0.05, 0.1) is 5.52 Å². The van der Waals surface area contributed by atoms with Gasteiger partial charge in [0.2, 0.25) is 0 Å². The average Bonchev–Trinajstić information content (AvgIpc) is 3.63. The van der Waals surface area contributed by atoms with E-state index in [1.807, 2.05) is 12.2 Å². The third-order valence-corrected chi connectivity index (χ3v) is 11.2. The molecule has 0 aliphatic heterocycles. The molecule has 0 fully saturated rings. The number of para-hydroxylation sites is 1. The quantitative estimate of drug-likeness (QED) is 0.144. The fourth-order valence-corrected chi connectivity index (χ4v) is 8.38. The van der Waals surface area contributed by atoms with Crippen LogP contribution in [0.4, 0.5) is 17.1 Å². The number of rotatable bonds is 8. The number of fused-ring (bicyclic) bond motifs is 4. The molecule has 0 unspecified atom stereocenters. The molecule has 2 heteroatoms. The van der Waals surface area contributed by atoms with Gasteiger partial charge < -0.3 is 9.47 Å². The molecular formula is C52H42N2.